The van der Waals surface area contributed by atoms with Gasteiger partial charge in [-0.2, -0.15) is 5.10 Å². The molecule has 0 spiro atoms. The van der Waals surface area contributed by atoms with Gasteiger partial charge < -0.3 is 5.32 Å². The fourth-order valence-electron chi connectivity index (χ4n) is 3.11. The maximum Gasteiger partial charge on any atom is 0.255 e. The van der Waals surface area contributed by atoms with E-state index in [1.807, 2.05) is 13.8 Å². The number of aromatic nitrogens is 2. The van der Waals surface area contributed by atoms with Crippen LogP contribution in [0.1, 0.15) is 41.4 Å². The quantitative estimate of drug-likeness (QED) is 0.601. The lowest BCUT2D eigenvalue weighted by molar-refractivity contribution is 0.0949. The molecule has 30 heavy (non-hydrogen) atoms. The Kier molecular flexibility index (Phi) is 6.21. The van der Waals surface area contributed by atoms with Crippen LogP contribution in [0.15, 0.2) is 54.7 Å². The summed E-state index contributed by atoms with van der Waals surface area (Å²) in [4.78, 5) is 12.8. The highest BCUT2D eigenvalue weighted by Crippen LogP contribution is 2.23. The minimum atomic E-state index is -3.38. The van der Waals surface area contributed by atoms with Crippen LogP contribution in [0.2, 0.25) is 0 Å². The van der Waals surface area contributed by atoms with Crippen molar-refractivity contribution in [2.75, 3.05) is 11.0 Å². The van der Waals surface area contributed by atoms with Crippen molar-refractivity contribution in [3.05, 3.63) is 77.4 Å². The number of amides is 1. The normalized spacial score (nSPS) is 11.5. The molecule has 0 saturated carbocycles. The third kappa shape index (κ3) is 5.24. The van der Waals surface area contributed by atoms with Gasteiger partial charge >= 0.3 is 0 Å². The largest absolute Gasteiger partial charge is 0.348 e. The smallest absolute Gasteiger partial charge is 0.255 e. The summed E-state index contributed by atoms with van der Waals surface area (Å²) in [5.74, 6) is -0.642. The van der Waals surface area contributed by atoms with Crippen molar-refractivity contribution < 1.29 is 17.6 Å². The predicted octanol–water partition coefficient (Wildman–Crippen LogP) is 3.44. The van der Waals surface area contributed by atoms with E-state index >= 15 is 0 Å². The molecule has 3 rings (SSSR count). The van der Waals surface area contributed by atoms with Gasteiger partial charge in [-0.1, -0.05) is 26.0 Å². The Balaban J connectivity index is 1.79. The zero-order chi connectivity index (χ0) is 21.9. The highest BCUT2D eigenvalue weighted by atomic mass is 32.2. The number of hydrogen-bond acceptors (Lipinski definition) is 4. The van der Waals surface area contributed by atoms with E-state index in [0.717, 1.165) is 11.8 Å². The van der Waals surface area contributed by atoms with Crippen LogP contribution in [-0.4, -0.2) is 30.4 Å². The van der Waals surface area contributed by atoms with E-state index in [2.05, 4.69) is 15.1 Å². The molecule has 1 heterocycles. The van der Waals surface area contributed by atoms with Crippen molar-refractivity contribution in [2.24, 2.45) is 0 Å². The van der Waals surface area contributed by atoms with Crippen LogP contribution in [0, 0.1) is 5.82 Å². The third-order valence-corrected chi connectivity index (χ3v) is 4.96. The molecule has 1 amide bonds. The zero-order valence-electron chi connectivity index (χ0n) is 16.9. The second-order valence-corrected chi connectivity index (χ2v) is 8.99. The molecule has 0 bridgehead atoms. The number of hydrogen-bond donors (Lipinski definition) is 2. The molecule has 2 aromatic carbocycles. The highest BCUT2D eigenvalue weighted by Gasteiger charge is 2.21. The van der Waals surface area contributed by atoms with Crippen molar-refractivity contribution in [3.8, 4) is 5.69 Å². The minimum Gasteiger partial charge on any atom is -0.348 e. The maximum atomic E-state index is 13.2. The van der Waals surface area contributed by atoms with Crippen LogP contribution >= 0.6 is 0 Å². The Labute approximate surface area is 175 Å². The van der Waals surface area contributed by atoms with Gasteiger partial charge in [-0.15, -0.1) is 0 Å². The Hall–Kier alpha value is -3.20. The van der Waals surface area contributed by atoms with Gasteiger partial charge in [0.1, 0.15) is 5.82 Å². The summed E-state index contributed by atoms with van der Waals surface area (Å²) >= 11 is 0. The Morgan fingerprint density at radius 1 is 1.17 bits per heavy atom. The maximum absolute atomic E-state index is 13.2. The standard InChI is InChI=1S/C21H23FN4O3S/c1-14(2)20-19(13-24-26(20)18-9-7-16(22)8-10-18)21(27)23-12-15-5-4-6-17(11-15)25-30(3,28)29/h4-11,13-14,25H,12H2,1-3H3,(H,23,27). The average molecular weight is 431 g/mol. The Morgan fingerprint density at radius 3 is 2.50 bits per heavy atom. The molecule has 7 nitrogen and oxygen atoms in total. The molecule has 158 valence electrons. The fraction of sp³-hybridized carbons (Fsp3) is 0.238. The van der Waals surface area contributed by atoms with Crippen LogP contribution in [0.4, 0.5) is 10.1 Å². The zero-order valence-corrected chi connectivity index (χ0v) is 17.7. The first kappa shape index (κ1) is 21.5. The van der Waals surface area contributed by atoms with Gasteiger partial charge in [0.2, 0.25) is 10.0 Å². The van der Waals surface area contributed by atoms with Crippen LogP contribution < -0.4 is 10.0 Å². The summed E-state index contributed by atoms with van der Waals surface area (Å²) in [7, 11) is -3.38. The molecule has 0 aliphatic heterocycles. The topological polar surface area (TPSA) is 93.1 Å². The Morgan fingerprint density at radius 2 is 1.87 bits per heavy atom. The van der Waals surface area contributed by atoms with E-state index in [-0.39, 0.29) is 24.2 Å². The lowest BCUT2D eigenvalue weighted by Crippen LogP contribution is -2.24. The number of halogens is 1. The van der Waals surface area contributed by atoms with Gasteiger partial charge in [0.05, 0.1) is 29.4 Å². The molecule has 0 saturated heterocycles. The number of nitrogens with zero attached hydrogens (tertiary/aromatic N) is 2. The van der Waals surface area contributed by atoms with Crippen molar-refractivity contribution in [1.82, 2.24) is 15.1 Å². The van der Waals surface area contributed by atoms with E-state index in [1.165, 1.54) is 18.3 Å². The van der Waals surface area contributed by atoms with Crippen LogP contribution in [-0.2, 0) is 16.6 Å². The molecule has 0 fully saturated rings. The van der Waals surface area contributed by atoms with E-state index in [4.69, 9.17) is 0 Å². The highest BCUT2D eigenvalue weighted by molar-refractivity contribution is 7.92. The van der Waals surface area contributed by atoms with Crippen molar-refractivity contribution in [2.45, 2.75) is 26.3 Å². The SMILES string of the molecule is CC(C)c1c(C(=O)NCc2cccc(NS(C)(=O)=O)c2)cnn1-c1ccc(F)cc1. The second-order valence-electron chi connectivity index (χ2n) is 7.24. The van der Waals surface area contributed by atoms with Crippen LogP contribution in [0.25, 0.3) is 5.69 Å². The van der Waals surface area contributed by atoms with Gasteiger partial charge in [0, 0.05) is 12.2 Å². The summed E-state index contributed by atoms with van der Waals surface area (Å²) in [6, 6.07) is 12.7. The fourth-order valence-corrected chi connectivity index (χ4v) is 3.67. The number of nitrogens with one attached hydrogen (secondary N) is 2. The number of carbonyl (C=O) groups excluding carboxylic acids is 1. The van der Waals surface area contributed by atoms with E-state index < -0.39 is 10.0 Å². The third-order valence-electron chi connectivity index (χ3n) is 4.35. The molecule has 1 aromatic heterocycles. The van der Waals surface area contributed by atoms with Crippen molar-refractivity contribution in [3.63, 3.8) is 0 Å². The molecule has 0 atom stereocenters. The molecule has 0 aliphatic carbocycles. The molecular formula is C21H23FN4O3S. The average Bonchev–Trinajstić information content (AvgIpc) is 3.11. The summed E-state index contributed by atoms with van der Waals surface area (Å²) < 4.78 is 40.1. The van der Waals surface area contributed by atoms with E-state index in [1.54, 1.807) is 41.1 Å². The molecule has 3 aromatic rings. The first-order valence-corrected chi connectivity index (χ1v) is 11.2. The van der Waals surface area contributed by atoms with Crippen molar-refractivity contribution in [1.29, 1.82) is 0 Å². The second kappa shape index (κ2) is 8.66. The van der Waals surface area contributed by atoms with Gasteiger partial charge in [-0.25, -0.2) is 17.5 Å². The predicted molar refractivity (Wildman–Crippen MR) is 114 cm³/mol. The molecular weight excluding hydrogens is 407 g/mol. The van der Waals surface area contributed by atoms with Crippen molar-refractivity contribution >= 4 is 21.6 Å². The number of carbonyl (C=O) groups is 1. The van der Waals surface area contributed by atoms with Gasteiger partial charge in [0.15, 0.2) is 0 Å². The summed E-state index contributed by atoms with van der Waals surface area (Å²) in [6.45, 7) is 4.12. The monoisotopic (exact) mass is 430 g/mol. The van der Waals surface area contributed by atoms with Gasteiger partial charge in [-0.05, 0) is 47.9 Å². The minimum absolute atomic E-state index is 0.000548. The van der Waals surface area contributed by atoms with Gasteiger partial charge in [0.25, 0.3) is 5.91 Å². The molecule has 0 unspecified atom stereocenters. The molecule has 2 N–H and O–H groups in total. The van der Waals surface area contributed by atoms with Crippen LogP contribution in [0.3, 0.4) is 0 Å². The molecule has 0 aliphatic rings. The van der Waals surface area contributed by atoms with Gasteiger partial charge in [-0.3, -0.25) is 9.52 Å². The number of anilines is 1. The van der Waals surface area contributed by atoms with E-state index in [0.29, 0.717) is 22.6 Å². The number of benzene rings is 2. The van der Waals surface area contributed by atoms with E-state index in [9.17, 15) is 17.6 Å². The summed E-state index contributed by atoms with van der Waals surface area (Å²) in [5, 5.41) is 7.17. The Bertz CT molecular complexity index is 1160. The first-order valence-electron chi connectivity index (χ1n) is 9.33. The summed E-state index contributed by atoms with van der Waals surface area (Å²) in [5.41, 5.74) is 2.98. The van der Waals surface area contributed by atoms with Crippen LogP contribution in [0.5, 0.6) is 0 Å². The first-order chi connectivity index (χ1) is 14.1. The lowest BCUT2D eigenvalue weighted by atomic mass is 10.0. The summed E-state index contributed by atoms with van der Waals surface area (Å²) in [6.07, 6.45) is 2.57. The number of rotatable bonds is 7. The number of sulfonamides is 1. The molecule has 9 heteroatoms. The molecule has 0 radical (unpaired) electrons. The lowest BCUT2D eigenvalue weighted by Gasteiger charge is -2.13.